The Hall–Kier alpha value is -1.79. The third-order valence-electron chi connectivity index (χ3n) is 2.49. The van der Waals surface area contributed by atoms with E-state index in [4.69, 9.17) is 11.2 Å². The molecule has 2 rings (SSSR count). The minimum absolute atomic E-state index is 0.0598. The largest absolute Gasteiger partial charge is 0.357 e. The number of rotatable bonds is 2. The predicted molar refractivity (Wildman–Crippen MR) is 56.1 cm³/mol. The van der Waals surface area contributed by atoms with Crippen molar-refractivity contribution in [3.05, 3.63) is 35.4 Å². The van der Waals surface area contributed by atoms with Crippen molar-refractivity contribution in [3.63, 3.8) is 0 Å². The van der Waals surface area contributed by atoms with Gasteiger partial charge < -0.3 is 4.74 Å². The van der Waals surface area contributed by atoms with Crippen molar-refractivity contribution in [1.82, 2.24) is 4.90 Å². The maximum atomic E-state index is 11.9. The lowest BCUT2D eigenvalue weighted by molar-refractivity contribution is -0.00642. The summed E-state index contributed by atoms with van der Waals surface area (Å²) in [5.41, 5.74) is 1.57. The summed E-state index contributed by atoms with van der Waals surface area (Å²) in [6.45, 7) is 0.270. The third-order valence-corrected chi connectivity index (χ3v) is 2.49. The molecule has 1 aliphatic rings. The summed E-state index contributed by atoms with van der Waals surface area (Å²) in [5, 5.41) is 0. The summed E-state index contributed by atoms with van der Waals surface area (Å²) in [7, 11) is 1.57. The second-order valence-electron chi connectivity index (χ2n) is 3.31. The molecule has 0 spiro atoms. The van der Waals surface area contributed by atoms with Crippen LogP contribution in [0.3, 0.4) is 0 Å². The van der Waals surface area contributed by atoms with E-state index in [1.807, 2.05) is 18.2 Å². The van der Waals surface area contributed by atoms with Crippen LogP contribution in [0.25, 0.3) is 0 Å². The summed E-state index contributed by atoms with van der Waals surface area (Å²) in [5.74, 6) is 2.40. The first-order valence-corrected chi connectivity index (χ1v) is 4.65. The highest BCUT2D eigenvalue weighted by molar-refractivity contribution is 5.99. The normalized spacial score (nSPS) is 18.8. The van der Waals surface area contributed by atoms with Gasteiger partial charge in [-0.25, -0.2) is 0 Å². The Morgan fingerprint density at radius 2 is 2.27 bits per heavy atom. The second-order valence-corrected chi connectivity index (χ2v) is 3.31. The van der Waals surface area contributed by atoms with Crippen LogP contribution < -0.4 is 0 Å². The monoisotopic (exact) mass is 201 g/mol. The van der Waals surface area contributed by atoms with Gasteiger partial charge in [0.25, 0.3) is 5.91 Å². The molecule has 1 aromatic rings. The first-order valence-electron chi connectivity index (χ1n) is 4.65. The number of nitrogens with zero attached hydrogens (tertiary/aromatic N) is 1. The number of carbonyl (C=O) groups is 1. The van der Waals surface area contributed by atoms with Gasteiger partial charge in [-0.2, -0.15) is 0 Å². The van der Waals surface area contributed by atoms with Gasteiger partial charge in [0.1, 0.15) is 0 Å². The van der Waals surface area contributed by atoms with Crippen LogP contribution in [0.4, 0.5) is 0 Å². The molecule has 1 atom stereocenters. The molecular formula is C12H11NO2. The molecule has 3 heteroatoms. The van der Waals surface area contributed by atoms with Crippen LogP contribution in [0, 0.1) is 12.3 Å². The quantitative estimate of drug-likeness (QED) is 0.677. The minimum atomic E-state index is -0.343. The highest BCUT2D eigenvalue weighted by Crippen LogP contribution is 2.33. The van der Waals surface area contributed by atoms with E-state index in [2.05, 4.69) is 5.92 Å². The molecule has 0 radical (unpaired) electrons. The van der Waals surface area contributed by atoms with E-state index in [0.717, 1.165) is 5.56 Å². The van der Waals surface area contributed by atoms with E-state index >= 15 is 0 Å². The lowest BCUT2D eigenvalue weighted by Crippen LogP contribution is -2.29. The standard InChI is InChI=1S/C12H11NO2/c1-3-8-13-11(14)9-6-4-5-7-10(9)12(13)15-2/h1,4-7,12H,8H2,2H3. The van der Waals surface area contributed by atoms with Crippen LogP contribution in [-0.2, 0) is 4.74 Å². The maximum Gasteiger partial charge on any atom is 0.257 e. The molecule has 0 fully saturated rings. The number of benzene rings is 1. The van der Waals surface area contributed by atoms with Gasteiger partial charge in [-0.1, -0.05) is 24.1 Å². The number of methoxy groups -OCH3 is 1. The molecule has 1 aromatic carbocycles. The first-order chi connectivity index (χ1) is 7.29. The number of hydrogen-bond donors (Lipinski definition) is 0. The fraction of sp³-hybridized carbons (Fsp3) is 0.250. The molecule has 0 N–H and O–H groups in total. The highest BCUT2D eigenvalue weighted by Gasteiger charge is 2.35. The molecule has 3 nitrogen and oxygen atoms in total. The molecule has 0 saturated carbocycles. The molecular weight excluding hydrogens is 190 g/mol. The molecule has 0 bridgehead atoms. The van der Waals surface area contributed by atoms with Crippen LogP contribution in [0.1, 0.15) is 22.1 Å². The van der Waals surface area contributed by atoms with E-state index in [1.54, 1.807) is 18.1 Å². The van der Waals surface area contributed by atoms with Gasteiger partial charge in [0.05, 0.1) is 6.54 Å². The van der Waals surface area contributed by atoms with Crippen molar-refractivity contribution in [3.8, 4) is 12.3 Å². The summed E-state index contributed by atoms with van der Waals surface area (Å²) in [6.07, 6.45) is 4.88. The topological polar surface area (TPSA) is 29.5 Å². The smallest absolute Gasteiger partial charge is 0.257 e. The van der Waals surface area contributed by atoms with Gasteiger partial charge in [-0.05, 0) is 6.07 Å². The fourth-order valence-electron chi connectivity index (χ4n) is 1.84. The van der Waals surface area contributed by atoms with Gasteiger partial charge in [0.2, 0.25) is 0 Å². The van der Waals surface area contributed by atoms with Crippen LogP contribution in [-0.4, -0.2) is 24.5 Å². The molecule has 1 unspecified atom stereocenters. The molecule has 1 aliphatic heterocycles. The van der Waals surface area contributed by atoms with Crippen molar-refractivity contribution in [2.45, 2.75) is 6.23 Å². The first kappa shape index (κ1) is 9.75. The second kappa shape index (κ2) is 3.76. The van der Waals surface area contributed by atoms with Crippen molar-refractivity contribution in [2.75, 3.05) is 13.7 Å². The number of hydrogen-bond acceptors (Lipinski definition) is 2. The highest BCUT2D eigenvalue weighted by atomic mass is 16.5. The molecule has 0 aromatic heterocycles. The fourth-order valence-corrected chi connectivity index (χ4v) is 1.84. The lowest BCUT2D eigenvalue weighted by Gasteiger charge is -2.21. The zero-order valence-electron chi connectivity index (χ0n) is 8.43. The SMILES string of the molecule is C#CCN1C(=O)c2ccccc2C1OC. The van der Waals surface area contributed by atoms with Gasteiger partial charge in [0.15, 0.2) is 6.23 Å². The molecule has 1 heterocycles. The lowest BCUT2D eigenvalue weighted by atomic mass is 10.1. The van der Waals surface area contributed by atoms with Crippen LogP contribution in [0.15, 0.2) is 24.3 Å². The Labute approximate surface area is 88.6 Å². The van der Waals surface area contributed by atoms with Crippen LogP contribution in [0.2, 0.25) is 0 Å². The third kappa shape index (κ3) is 1.39. The van der Waals surface area contributed by atoms with E-state index in [-0.39, 0.29) is 18.7 Å². The number of terminal acetylenes is 1. The van der Waals surface area contributed by atoms with E-state index in [0.29, 0.717) is 5.56 Å². The van der Waals surface area contributed by atoms with E-state index in [9.17, 15) is 4.79 Å². The molecule has 1 amide bonds. The van der Waals surface area contributed by atoms with Gasteiger partial charge in [-0.15, -0.1) is 6.42 Å². The Morgan fingerprint density at radius 1 is 1.53 bits per heavy atom. The van der Waals surface area contributed by atoms with Gasteiger partial charge >= 0.3 is 0 Å². The summed E-state index contributed by atoms with van der Waals surface area (Å²) < 4.78 is 5.28. The van der Waals surface area contributed by atoms with Crippen LogP contribution in [0.5, 0.6) is 0 Å². The van der Waals surface area contributed by atoms with Crippen molar-refractivity contribution in [2.24, 2.45) is 0 Å². The van der Waals surface area contributed by atoms with E-state index in [1.165, 1.54) is 0 Å². The maximum absolute atomic E-state index is 11.9. The number of carbonyl (C=O) groups excluding carboxylic acids is 1. The number of fused-ring (bicyclic) bond motifs is 1. The Kier molecular flexibility index (Phi) is 2.44. The van der Waals surface area contributed by atoms with Gasteiger partial charge in [-0.3, -0.25) is 9.69 Å². The van der Waals surface area contributed by atoms with Crippen LogP contribution >= 0.6 is 0 Å². The Morgan fingerprint density at radius 3 is 2.93 bits per heavy atom. The summed E-state index contributed by atoms with van der Waals surface area (Å²) in [6, 6.07) is 7.40. The molecule has 76 valence electrons. The Bertz CT molecular complexity index is 433. The minimum Gasteiger partial charge on any atom is -0.357 e. The average molecular weight is 201 g/mol. The molecule has 0 saturated heterocycles. The number of amides is 1. The zero-order valence-corrected chi connectivity index (χ0v) is 8.43. The zero-order chi connectivity index (χ0) is 10.8. The Balaban J connectivity index is 2.45. The predicted octanol–water partition coefficient (Wildman–Crippen LogP) is 1.42. The van der Waals surface area contributed by atoms with E-state index < -0.39 is 0 Å². The molecule has 15 heavy (non-hydrogen) atoms. The van der Waals surface area contributed by atoms with Crippen molar-refractivity contribution in [1.29, 1.82) is 0 Å². The summed E-state index contributed by atoms with van der Waals surface area (Å²) in [4.78, 5) is 13.5. The summed E-state index contributed by atoms with van der Waals surface area (Å²) >= 11 is 0. The van der Waals surface area contributed by atoms with Crippen molar-refractivity contribution < 1.29 is 9.53 Å². The molecule has 0 aliphatic carbocycles. The van der Waals surface area contributed by atoms with Crippen molar-refractivity contribution >= 4 is 5.91 Å². The number of ether oxygens (including phenoxy) is 1. The van der Waals surface area contributed by atoms with Gasteiger partial charge in [0, 0.05) is 18.2 Å². The average Bonchev–Trinajstić information content (AvgIpc) is 2.54.